The quantitative estimate of drug-likeness (QED) is 0.379. The molecule has 0 aliphatic carbocycles. The molecule has 7 heteroatoms. The van der Waals surface area contributed by atoms with E-state index >= 15 is 0 Å². The van der Waals surface area contributed by atoms with Crippen molar-refractivity contribution in [2.45, 2.75) is 4.34 Å². The van der Waals surface area contributed by atoms with Crippen LogP contribution in [0.3, 0.4) is 0 Å². The van der Waals surface area contributed by atoms with Crippen LogP contribution in [0, 0.1) is 12.3 Å². The number of hydrogen-bond acceptors (Lipinski definition) is 5. The van der Waals surface area contributed by atoms with Gasteiger partial charge in [0, 0.05) is 0 Å². The minimum absolute atomic E-state index is 0.0909. The maximum Gasteiger partial charge on any atom is 0.241 e. The fourth-order valence-corrected chi connectivity index (χ4v) is 2.09. The number of nitrogens with one attached hydrogen (secondary N) is 1. The lowest BCUT2D eigenvalue weighted by Gasteiger charge is -1.93. The highest BCUT2D eigenvalue weighted by molar-refractivity contribution is 8.01. The summed E-state index contributed by atoms with van der Waals surface area (Å²) in [5.74, 6) is 2.62. The number of aromatic nitrogens is 2. The number of hydrogen-bond donors (Lipinski definition) is 1. The topological polar surface area (TPSA) is 54.9 Å². The summed E-state index contributed by atoms with van der Waals surface area (Å²) in [4.78, 5) is 10.9. The number of amides is 1. The molecule has 1 aromatic rings. The average Bonchev–Trinajstić information content (AvgIpc) is 2.62. The fraction of sp³-hybridized carbons (Fsp3) is 0.286. The highest BCUT2D eigenvalue weighted by atomic mass is 35.5. The predicted octanol–water partition coefficient (Wildman–Crippen LogP) is 1.44. The second-order valence-electron chi connectivity index (χ2n) is 2.05. The Labute approximate surface area is 94.4 Å². The zero-order chi connectivity index (χ0) is 10.4. The van der Waals surface area contributed by atoms with Crippen LogP contribution in [-0.2, 0) is 4.79 Å². The van der Waals surface area contributed by atoms with Crippen molar-refractivity contribution < 1.29 is 4.79 Å². The van der Waals surface area contributed by atoms with Gasteiger partial charge in [0.05, 0.1) is 5.75 Å². The first-order chi connectivity index (χ1) is 6.76. The molecule has 0 radical (unpaired) electrons. The molecule has 0 fully saturated rings. The van der Waals surface area contributed by atoms with Gasteiger partial charge in [-0.3, -0.25) is 10.1 Å². The van der Waals surface area contributed by atoms with Crippen LogP contribution in [0.5, 0.6) is 0 Å². The van der Waals surface area contributed by atoms with E-state index in [0.717, 1.165) is 4.34 Å². The summed E-state index contributed by atoms with van der Waals surface area (Å²) in [5, 5.41) is 10.5. The summed E-state index contributed by atoms with van der Waals surface area (Å²) in [5.41, 5.74) is 0. The Balaban J connectivity index is 2.51. The van der Waals surface area contributed by atoms with Crippen LogP contribution < -0.4 is 5.32 Å². The smallest absolute Gasteiger partial charge is 0.241 e. The molecular weight excluding hydrogens is 242 g/mol. The van der Waals surface area contributed by atoms with E-state index in [1.54, 1.807) is 0 Å². The standard InChI is InChI=1S/C7H6ClN3OS2/c1-2-3-13-7-11-10-6(14-7)9-5(12)4-8/h1H,3-4H2,(H,9,10,12). The molecule has 0 bridgehead atoms. The Bertz CT molecular complexity index is 360. The number of alkyl halides is 1. The van der Waals surface area contributed by atoms with Gasteiger partial charge < -0.3 is 0 Å². The normalized spacial score (nSPS) is 9.43. The third-order valence-electron chi connectivity index (χ3n) is 1.05. The molecule has 0 saturated carbocycles. The lowest BCUT2D eigenvalue weighted by molar-refractivity contribution is -0.113. The molecule has 1 N–H and O–H groups in total. The minimum atomic E-state index is -0.295. The summed E-state index contributed by atoms with van der Waals surface area (Å²) in [6, 6.07) is 0. The first-order valence-corrected chi connectivity index (χ1v) is 5.85. The molecule has 0 atom stereocenters. The first kappa shape index (κ1) is 11.3. The van der Waals surface area contributed by atoms with Crippen molar-refractivity contribution in [3.05, 3.63) is 0 Å². The molecule has 0 unspecified atom stereocenters. The Morgan fingerprint density at radius 2 is 2.50 bits per heavy atom. The number of anilines is 1. The van der Waals surface area contributed by atoms with Crippen molar-refractivity contribution in [2.24, 2.45) is 0 Å². The van der Waals surface area contributed by atoms with Gasteiger partial charge in [-0.1, -0.05) is 29.0 Å². The van der Waals surface area contributed by atoms with Crippen LogP contribution in [0.4, 0.5) is 5.13 Å². The van der Waals surface area contributed by atoms with Gasteiger partial charge in [-0.25, -0.2) is 0 Å². The Kier molecular flexibility index (Phi) is 4.73. The number of terminal acetylenes is 1. The van der Waals surface area contributed by atoms with E-state index in [4.69, 9.17) is 18.0 Å². The molecule has 0 aliphatic heterocycles. The van der Waals surface area contributed by atoms with Crippen molar-refractivity contribution in [2.75, 3.05) is 16.9 Å². The summed E-state index contributed by atoms with van der Waals surface area (Å²) in [6.45, 7) is 0. The third-order valence-corrected chi connectivity index (χ3v) is 3.17. The third kappa shape index (κ3) is 3.54. The predicted molar refractivity (Wildman–Crippen MR) is 58.8 cm³/mol. The van der Waals surface area contributed by atoms with Gasteiger partial charge in [-0.05, 0) is 0 Å². The molecule has 4 nitrogen and oxygen atoms in total. The molecule has 74 valence electrons. The van der Waals surface area contributed by atoms with Crippen LogP contribution in [0.1, 0.15) is 0 Å². The molecular formula is C7H6ClN3OS2. The van der Waals surface area contributed by atoms with Crippen LogP contribution in [-0.4, -0.2) is 27.7 Å². The number of carbonyl (C=O) groups excluding carboxylic acids is 1. The number of thioether (sulfide) groups is 1. The Morgan fingerprint density at radius 3 is 3.14 bits per heavy atom. The van der Waals surface area contributed by atoms with E-state index in [1.807, 2.05) is 0 Å². The van der Waals surface area contributed by atoms with Gasteiger partial charge in [0.2, 0.25) is 11.0 Å². The summed E-state index contributed by atoms with van der Waals surface area (Å²) in [6.07, 6.45) is 5.08. The number of halogens is 1. The molecule has 0 aromatic carbocycles. The largest absolute Gasteiger partial charge is 0.299 e. The second kappa shape index (κ2) is 5.86. The van der Waals surface area contributed by atoms with Crippen LogP contribution >= 0.6 is 34.7 Å². The Hall–Kier alpha value is -0.770. The van der Waals surface area contributed by atoms with Crippen LogP contribution in [0.2, 0.25) is 0 Å². The fourth-order valence-electron chi connectivity index (χ4n) is 0.575. The average molecular weight is 248 g/mol. The van der Waals surface area contributed by atoms with E-state index in [9.17, 15) is 4.79 Å². The van der Waals surface area contributed by atoms with Crippen LogP contribution in [0.15, 0.2) is 4.34 Å². The van der Waals surface area contributed by atoms with Crippen molar-refractivity contribution in [1.29, 1.82) is 0 Å². The number of rotatable bonds is 4. The molecule has 14 heavy (non-hydrogen) atoms. The zero-order valence-electron chi connectivity index (χ0n) is 6.99. The van der Waals surface area contributed by atoms with Gasteiger partial charge in [0.15, 0.2) is 4.34 Å². The lowest BCUT2D eigenvalue weighted by Crippen LogP contribution is -2.12. The van der Waals surface area contributed by atoms with E-state index in [1.165, 1.54) is 23.1 Å². The van der Waals surface area contributed by atoms with Crippen molar-refractivity contribution >= 4 is 45.7 Å². The zero-order valence-corrected chi connectivity index (χ0v) is 9.38. The van der Waals surface area contributed by atoms with Crippen molar-refractivity contribution in [1.82, 2.24) is 10.2 Å². The monoisotopic (exact) mass is 247 g/mol. The molecule has 1 heterocycles. The summed E-state index contributed by atoms with van der Waals surface area (Å²) >= 11 is 7.98. The number of carbonyl (C=O) groups is 1. The van der Waals surface area contributed by atoms with Crippen molar-refractivity contribution in [3.63, 3.8) is 0 Å². The highest BCUT2D eigenvalue weighted by Crippen LogP contribution is 2.24. The molecule has 1 amide bonds. The lowest BCUT2D eigenvalue weighted by atomic mass is 10.7. The van der Waals surface area contributed by atoms with Crippen molar-refractivity contribution in [3.8, 4) is 12.3 Å². The molecule has 1 rings (SSSR count). The molecule has 0 saturated heterocycles. The molecule has 0 spiro atoms. The van der Waals surface area contributed by atoms with Gasteiger partial charge in [0.25, 0.3) is 0 Å². The molecule has 1 aromatic heterocycles. The van der Waals surface area contributed by atoms with E-state index < -0.39 is 0 Å². The van der Waals surface area contributed by atoms with Gasteiger partial charge in [-0.15, -0.1) is 28.2 Å². The maximum atomic E-state index is 10.9. The highest BCUT2D eigenvalue weighted by Gasteiger charge is 2.06. The Morgan fingerprint density at radius 1 is 1.71 bits per heavy atom. The second-order valence-corrected chi connectivity index (χ2v) is 4.51. The first-order valence-electron chi connectivity index (χ1n) is 3.52. The minimum Gasteiger partial charge on any atom is -0.299 e. The maximum absolute atomic E-state index is 10.9. The van der Waals surface area contributed by atoms with Gasteiger partial charge in [0.1, 0.15) is 5.88 Å². The summed E-state index contributed by atoms with van der Waals surface area (Å²) in [7, 11) is 0. The molecule has 0 aliphatic rings. The van der Waals surface area contributed by atoms with Gasteiger partial charge in [-0.2, -0.15) is 0 Å². The van der Waals surface area contributed by atoms with Crippen LogP contribution in [0.25, 0.3) is 0 Å². The summed E-state index contributed by atoms with van der Waals surface area (Å²) < 4.78 is 0.729. The van der Waals surface area contributed by atoms with E-state index in [2.05, 4.69) is 21.4 Å². The van der Waals surface area contributed by atoms with E-state index in [-0.39, 0.29) is 11.8 Å². The van der Waals surface area contributed by atoms with Gasteiger partial charge >= 0.3 is 0 Å². The van der Waals surface area contributed by atoms with E-state index in [0.29, 0.717) is 10.9 Å². The SMILES string of the molecule is C#CCSc1nnc(NC(=O)CCl)s1. The number of nitrogens with zero attached hydrogens (tertiary/aromatic N) is 2.